The third-order valence-electron chi connectivity index (χ3n) is 9.83. The van der Waals surface area contributed by atoms with E-state index >= 15 is 0 Å². The normalized spacial score (nSPS) is 9.89. The average Bonchev–Trinajstić information content (AvgIpc) is 3.39. The summed E-state index contributed by atoms with van der Waals surface area (Å²) in [6, 6.07) is 59.6. The fraction of sp³-hybridized carbons (Fsp3) is 0.0179. The SMILES string of the molecule is C.Nc1ccc(NC(=O)c2ccccc2)cc1.O=C(Cl)c1ccc(C(=O)Cl)cc1.O=C(Nc1ccc(NC(=O)c2ccc(C(=O)Nc3ccc(NC(=O)c4ccccc4)cc3)cc2)cc1)c1ccccc1. The van der Waals surface area contributed by atoms with E-state index in [1.165, 1.54) is 24.3 Å². The Labute approximate surface area is 420 Å². The zero-order valence-corrected chi connectivity index (χ0v) is 38.4. The van der Waals surface area contributed by atoms with Crippen LogP contribution in [0.4, 0.5) is 34.1 Å². The van der Waals surface area contributed by atoms with Crippen molar-refractivity contribution in [3.05, 3.63) is 251 Å². The molecule has 8 aromatic rings. The van der Waals surface area contributed by atoms with Gasteiger partial charge in [0.05, 0.1) is 0 Å². The largest absolute Gasteiger partial charge is 0.399 e. The van der Waals surface area contributed by atoms with Crippen molar-refractivity contribution in [2.24, 2.45) is 0 Å². The summed E-state index contributed by atoms with van der Waals surface area (Å²) in [4.78, 5) is 83.0. The molecule has 8 aromatic carbocycles. The lowest BCUT2D eigenvalue weighted by Crippen LogP contribution is -2.15. The number of nitrogen functional groups attached to an aromatic ring is 1. The molecule has 0 saturated carbocycles. The van der Waals surface area contributed by atoms with Crippen LogP contribution in [0.25, 0.3) is 0 Å². The number of benzene rings is 8. The number of anilines is 6. The smallest absolute Gasteiger partial charge is 0.255 e. The Balaban J connectivity index is 0.000000262. The number of hydrogen-bond acceptors (Lipinski definition) is 8. The molecule has 0 atom stereocenters. The number of carbonyl (C=O) groups is 7. The second-order valence-electron chi connectivity index (χ2n) is 14.8. The van der Waals surface area contributed by atoms with E-state index in [1.807, 2.05) is 30.3 Å². The molecule has 0 spiro atoms. The van der Waals surface area contributed by atoms with Gasteiger partial charge >= 0.3 is 0 Å². The Morgan fingerprint density at radius 3 is 0.662 bits per heavy atom. The lowest BCUT2D eigenvalue weighted by Gasteiger charge is -2.10. The van der Waals surface area contributed by atoms with Gasteiger partial charge in [0.1, 0.15) is 0 Å². The van der Waals surface area contributed by atoms with Gasteiger partial charge in [-0.3, -0.25) is 33.6 Å². The molecular formula is C56H46Cl2N6O7. The summed E-state index contributed by atoms with van der Waals surface area (Å²) in [5, 5.41) is 12.9. The van der Waals surface area contributed by atoms with Crippen LogP contribution in [0.15, 0.2) is 212 Å². The monoisotopic (exact) mass is 984 g/mol. The van der Waals surface area contributed by atoms with Gasteiger partial charge in [-0.15, -0.1) is 0 Å². The molecule has 0 aliphatic heterocycles. The minimum Gasteiger partial charge on any atom is -0.399 e. The van der Waals surface area contributed by atoms with Crippen LogP contribution in [0.3, 0.4) is 0 Å². The van der Waals surface area contributed by atoms with Crippen LogP contribution in [0, 0.1) is 0 Å². The lowest BCUT2D eigenvalue weighted by atomic mass is 10.1. The maximum atomic E-state index is 12.7. The second kappa shape index (κ2) is 26.4. The van der Waals surface area contributed by atoms with Crippen molar-refractivity contribution in [2.45, 2.75) is 7.43 Å². The van der Waals surface area contributed by atoms with Crippen LogP contribution in [-0.2, 0) is 0 Å². The molecule has 5 amide bonds. The van der Waals surface area contributed by atoms with Gasteiger partial charge in [0, 0.05) is 73.1 Å². The molecule has 0 fully saturated rings. The number of hydrogen-bond donors (Lipinski definition) is 6. The summed E-state index contributed by atoms with van der Waals surface area (Å²) in [5.74, 6) is -1.24. The molecule has 0 unspecified atom stereocenters. The predicted octanol–water partition coefficient (Wildman–Crippen LogP) is 12.3. The molecule has 7 N–H and O–H groups in total. The number of carbonyl (C=O) groups excluding carboxylic acids is 7. The Hall–Kier alpha value is -9.17. The van der Waals surface area contributed by atoms with Gasteiger partial charge in [-0.1, -0.05) is 62.0 Å². The first-order valence-corrected chi connectivity index (χ1v) is 21.9. The van der Waals surface area contributed by atoms with Crippen molar-refractivity contribution in [2.75, 3.05) is 32.3 Å². The standard InChI is InChI=1S/C34H26N4O4.C13H12N2O.C8H4Cl2O2.CH4/c39-31(23-7-3-1-4-8-23)35-27-15-19-29(20-16-27)37-33(41)25-11-13-26(14-12-25)34(42)38-30-21-17-28(18-22-30)36-32(40)24-9-5-2-6-10-24;14-11-6-8-12(9-7-11)15-13(16)10-4-2-1-3-5-10;9-7(11)5-1-2-6(4-3-5)8(10)12;/h1-22H,(H,35,39)(H,36,40)(H,37,41)(H,38,42);1-9H,14H2,(H,15,16);1-4H;1H4. The summed E-state index contributed by atoms with van der Waals surface area (Å²) in [5.41, 5.74) is 12.5. The topological polar surface area (TPSA) is 206 Å². The highest BCUT2D eigenvalue weighted by atomic mass is 35.5. The van der Waals surface area contributed by atoms with Crippen molar-refractivity contribution in [3.8, 4) is 0 Å². The Morgan fingerprint density at radius 2 is 0.451 bits per heavy atom. The first-order valence-electron chi connectivity index (χ1n) is 21.2. The molecule has 0 bridgehead atoms. The van der Waals surface area contributed by atoms with Crippen molar-refractivity contribution in [1.29, 1.82) is 0 Å². The highest BCUT2D eigenvalue weighted by Gasteiger charge is 2.12. The zero-order chi connectivity index (χ0) is 49.8. The average molecular weight is 986 g/mol. The van der Waals surface area contributed by atoms with Crippen LogP contribution in [-0.4, -0.2) is 40.0 Å². The predicted molar refractivity (Wildman–Crippen MR) is 283 cm³/mol. The molecular weight excluding hydrogens is 940 g/mol. The van der Waals surface area contributed by atoms with E-state index in [-0.39, 0.29) is 37.0 Å². The minimum absolute atomic E-state index is 0. The number of halogens is 2. The van der Waals surface area contributed by atoms with Gasteiger partial charge in [-0.2, -0.15) is 0 Å². The number of nitrogens with one attached hydrogen (secondary N) is 5. The van der Waals surface area contributed by atoms with E-state index in [2.05, 4.69) is 26.6 Å². The van der Waals surface area contributed by atoms with Gasteiger partial charge in [-0.25, -0.2) is 0 Å². The molecule has 0 radical (unpaired) electrons. The summed E-state index contributed by atoms with van der Waals surface area (Å²) in [7, 11) is 0. The van der Waals surface area contributed by atoms with Crippen LogP contribution in [0.5, 0.6) is 0 Å². The molecule has 13 nitrogen and oxygen atoms in total. The zero-order valence-electron chi connectivity index (χ0n) is 36.9. The number of nitrogens with two attached hydrogens (primary N) is 1. The minimum atomic E-state index is -0.552. The number of rotatable bonds is 12. The Bertz CT molecular complexity index is 2910. The van der Waals surface area contributed by atoms with Gasteiger partial charge in [0.15, 0.2) is 0 Å². The number of amides is 5. The second-order valence-corrected chi connectivity index (χ2v) is 15.5. The van der Waals surface area contributed by atoms with E-state index in [0.29, 0.717) is 67.4 Å². The third-order valence-corrected chi connectivity index (χ3v) is 10.3. The highest BCUT2D eigenvalue weighted by molar-refractivity contribution is 6.68. The van der Waals surface area contributed by atoms with Crippen molar-refractivity contribution in [1.82, 2.24) is 0 Å². The van der Waals surface area contributed by atoms with Gasteiger partial charge in [0.25, 0.3) is 40.0 Å². The van der Waals surface area contributed by atoms with Crippen molar-refractivity contribution in [3.63, 3.8) is 0 Å². The summed E-state index contributed by atoms with van der Waals surface area (Å²) in [6.45, 7) is 0. The van der Waals surface area contributed by atoms with Crippen molar-refractivity contribution < 1.29 is 33.6 Å². The molecule has 0 aliphatic carbocycles. The molecule has 15 heteroatoms. The van der Waals surface area contributed by atoms with Crippen LogP contribution < -0.4 is 32.3 Å². The molecule has 8 rings (SSSR count). The summed E-state index contributed by atoms with van der Waals surface area (Å²) in [6.07, 6.45) is 0. The van der Waals surface area contributed by atoms with E-state index in [9.17, 15) is 33.6 Å². The molecule has 356 valence electrons. The fourth-order valence-electron chi connectivity index (χ4n) is 6.13. The summed E-state index contributed by atoms with van der Waals surface area (Å²) < 4.78 is 0. The van der Waals surface area contributed by atoms with E-state index in [1.54, 1.807) is 158 Å². The molecule has 0 saturated heterocycles. The van der Waals surface area contributed by atoms with Crippen molar-refractivity contribution >= 4 is 97.3 Å². The van der Waals surface area contributed by atoms with E-state index < -0.39 is 10.5 Å². The Morgan fingerprint density at radius 1 is 0.268 bits per heavy atom. The van der Waals surface area contributed by atoms with Crippen LogP contribution in [0.1, 0.15) is 79.9 Å². The lowest BCUT2D eigenvalue weighted by molar-refractivity contribution is 0.101. The molecule has 0 aliphatic rings. The molecule has 0 heterocycles. The van der Waals surface area contributed by atoms with Gasteiger partial charge in [0.2, 0.25) is 0 Å². The highest BCUT2D eigenvalue weighted by Crippen LogP contribution is 2.19. The first-order chi connectivity index (χ1) is 33.8. The third kappa shape index (κ3) is 16.5. The maximum absolute atomic E-state index is 12.7. The summed E-state index contributed by atoms with van der Waals surface area (Å²) >= 11 is 10.4. The van der Waals surface area contributed by atoms with Gasteiger partial charge in [-0.05, 0) is 181 Å². The van der Waals surface area contributed by atoms with E-state index in [4.69, 9.17) is 28.9 Å². The fourth-order valence-corrected chi connectivity index (χ4v) is 6.38. The molecule has 71 heavy (non-hydrogen) atoms. The maximum Gasteiger partial charge on any atom is 0.255 e. The van der Waals surface area contributed by atoms with Crippen LogP contribution in [0.2, 0.25) is 0 Å². The quantitative estimate of drug-likeness (QED) is 0.0512. The van der Waals surface area contributed by atoms with Gasteiger partial charge < -0.3 is 32.3 Å². The van der Waals surface area contributed by atoms with Crippen LogP contribution >= 0.6 is 23.2 Å². The van der Waals surface area contributed by atoms with E-state index in [0.717, 1.165) is 5.69 Å². The molecule has 0 aromatic heterocycles. The first kappa shape index (κ1) is 52.8. The Kier molecular flexibility index (Phi) is 19.6.